The van der Waals surface area contributed by atoms with Gasteiger partial charge in [0, 0.05) is 55.9 Å². The van der Waals surface area contributed by atoms with Crippen LogP contribution in [0.2, 0.25) is 0 Å². The van der Waals surface area contributed by atoms with Crippen molar-refractivity contribution < 1.29 is 14.6 Å². The normalized spacial score (nSPS) is 21.8. The van der Waals surface area contributed by atoms with Crippen molar-refractivity contribution in [2.45, 2.75) is 44.8 Å². The van der Waals surface area contributed by atoms with Gasteiger partial charge in [-0.3, -0.25) is 4.79 Å². The van der Waals surface area contributed by atoms with Crippen LogP contribution < -0.4 is 5.32 Å². The number of nitrogens with zero attached hydrogens (tertiary/aromatic N) is 2. The summed E-state index contributed by atoms with van der Waals surface area (Å²) in [6.07, 6.45) is 4.67. The minimum Gasteiger partial charge on any atom is -0.508 e. The molecule has 2 aliphatic heterocycles. The number of aryl methyl sites for hydroxylation is 1. The highest BCUT2D eigenvalue weighted by molar-refractivity contribution is 6.08. The number of phenolic OH excluding ortho intramolecular Hbond substituents is 1. The Bertz CT molecular complexity index is 831. The second-order valence-corrected chi connectivity index (χ2v) is 7.90. The molecule has 0 spiro atoms. The molecule has 6 nitrogen and oxygen atoms in total. The maximum absolute atomic E-state index is 13.0. The van der Waals surface area contributed by atoms with Crippen LogP contribution in [0, 0.1) is 6.92 Å². The number of fused-ring (bicyclic) bond motifs is 1. The molecule has 27 heavy (non-hydrogen) atoms. The highest BCUT2D eigenvalue weighted by Crippen LogP contribution is 2.28. The number of hydrogen-bond acceptors (Lipinski definition) is 4. The van der Waals surface area contributed by atoms with Crippen LogP contribution >= 0.6 is 0 Å². The number of hydrogen-bond donors (Lipinski definition) is 2. The molecule has 0 unspecified atom stereocenters. The molecular formula is C21H29N3O3. The molecule has 0 radical (unpaired) electrons. The standard InChI is InChI=1S/C21H29N3O3/c1-14-20(18-12-16(25)5-6-19(18)23(14)2)21(26)22-15-7-9-24(10-8-15)13-17-4-3-11-27-17/h5-6,12,15,17,25H,3-4,7-11,13H2,1-2H3,(H,22,26)/t17-/m0/s1. The van der Waals surface area contributed by atoms with Crippen molar-refractivity contribution >= 4 is 16.8 Å². The summed E-state index contributed by atoms with van der Waals surface area (Å²) in [6.45, 7) is 5.87. The van der Waals surface area contributed by atoms with Gasteiger partial charge >= 0.3 is 0 Å². The number of benzene rings is 1. The van der Waals surface area contributed by atoms with Crippen LogP contribution in [-0.2, 0) is 11.8 Å². The first-order valence-electron chi connectivity index (χ1n) is 9.95. The molecule has 146 valence electrons. The molecule has 1 aromatic heterocycles. The number of phenols is 1. The van der Waals surface area contributed by atoms with Gasteiger partial charge in [0.25, 0.3) is 5.91 Å². The van der Waals surface area contributed by atoms with Gasteiger partial charge in [0.15, 0.2) is 0 Å². The molecule has 1 atom stereocenters. The molecule has 2 fully saturated rings. The number of nitrogens with one attached hydrogen (secondary N) is 1. The Hall–Kier alpha value is -2.05. The van der Waals surface area contributed by atoms with Crippen molar-refractivity contribution in [3.8, 4) is 5.75 Å². The van der Waals surface area contributed by atoms with Crippen molar-refractivity contribution in [3.63, 3.8) is 0 Å². The Morgan fingerprint density at radius 3 is 2.78 bits per heavy atom. The van der Waals surface area contributed by atoms with Crippen LogP contribution in [0.1, 0.15) is 41.7 Å². The molecule has 1 aromatic carbocycles. The van der Waals surface area contributed by atoms with Crippen LogP contribution in [0.3, 0.4) is 0 Å². The van der Waals surface area contributed by atoms with Crippen molar-refractivity contribution in [2.24, 2.45) is 7.05 Å². The third kappa shape index (κ3) is 3.69. The Morgan fingerprint density at radius 1 is 1.30 bits per heavy atom. The minimum atomic E-state index is -0.0405. The smallest absolute Gasteiger partial charge is 0.253 e. The minimum absolute atomic E-state index is 0.0405. The van der Waals surface area contributed by atoms with E-state index in [0.717, 1.165) is 55.7 Å². The summed E-state index contributed by atoms with van der Waals surface area (Å²) in [5.41, 5.74) is 2.55. The number of aromatic nitrogens is 1. The average Bonchev–Trinajstić information content (AvgIpc) is 3.24. The predicted molar refractivity (Wildman–Crippen MR) is 105 cm³/mol. The van der Waals surface area contributed by atoms with Crippen LogP contribution in [-0.4, -0.2) is 58.9 Å². The number of rotatable bonds is 4. The van der Waals surface area contributed by atoms with E-state index in [0.29, 0.717) is 11.7 Å². The van der Waals surface area contributed by atoms with E-state index in [4.69, 9.17) is 4.74 Å². The lowest BCUT2D eigenvalue weighted by Gasteiger charge is -2.33. The molecule has 0 bridgehead atoms. The first-order valence-corrected chi connectivity index (χ1v) is 9.95. The van der Waals surface area contributed by atoms with E-state index in [9.17, 15) is 9.90 Å². The monoisotopic (exact) mass is 371 g/mol. The molecule has 2 aromatic rings. The van der Waals surface area contributed by atoms with Gasteiger partial charge in [0.05, 0.1) is 11.7 Å². The van der Waals surface area contributed by atoms with Crippen LogP contribution in [0.15, 0.2) is 18.2 Å². The van der Waals surface area contributed by atoms with Crippen molar-refractivity contribution in [2.75, 3.05) is 26.2 Å². The molecule has 3 heterocycles. The van der Waals surface area contributed by atoms with Gasteiger partial charge in [0.2, 0.25) is 0 Å². The van der Waals surface area contributed by atoms with Crippen LogP contribution in [0.4, 0.5) is 0 Å². The number of piperidine rings is 1. The molecule has 2 N–H and O–H groups in total. The summed E-state index contributed by atoms with van der Waals surface area (Å²) in [6, 6.07) is 5.40. The summed E-state index contributed by atoms with van der Waals surface area (Å²) in [4.78, 5) is 15.5. The zero-order valence-corrected chi connectivity index (χ0v) is 16.2. The van der Waals surface area contributed by atoms with Gasteiger partial charge in [-0.25, -0.2) is 0 Å². The maximum Gasteiger partial charge on any atom is 0.253 e. The Kier molecular flexibility index (Phi) is 5.10. The fourth-order valence-electron chi connectivity index (χ4n) is 4.44. The van der Waals surface area contributed by atoms with E-state index >= 15 is 0 Å². The van der Waals surface area contributed by atoms with E-state index in [1.54, 1.807) is 12.1 Å². The van der Waals surface area contributed by atoms with E-state index in [2.05, 4.69) is 10.2 Å². The number of carbonyl (C=O) groups is 1. The van der Waals surface area contributed by atoms with Crippen LogP contribution in [0.25, 0.3) is 10.9 Å². The lowest BCUT2D eigenvalue weighted by atomic mass is 10.0. The van der Waals surface area contributed by atoms with Gasteiger partial charge in [-0.05, 0) is 50.8 Å². The average molecular weight is 371 g/mol. The first-order chi connectivity index (χ1) is 13.0. The Morgan fingerprint density at radius 2 is 2.07 bits per heavy atom. The van der Waals surface area contributed by atoms with Gasteiger partial charge in [0.1, 0.15) is 5.75 Å². The van der Waals surface area contributed by atoms with Crippen molar-refractivity contribution in [3.05, 3.63) is 29.5 Å². The van der Waals surface area contributed by atoms with Gasteiger partial charge in [-0.2, -0.15) is 0 Å². The molecule has 4 rings (SSSR count). The zero-order chi connectivity index (χ0) is 19.0. The largest absolute Gasteiger partial charge is 0.508 e. The third-order valence-electron chi connectivity index (χ3n) is 6.11. The van der Waals surface area contributed by atoms with Crippen molar-refractivity contribution in [1.29, 1.82) is 0 Å². The van der Waals surface area contributed by atoms with Crippen LogP contribution in [0.5, 0.6) is 5.75 Å². The van der Waals surface area contributed by atoms with E-state index in [1.165, 1.54) is 12.8 Å². The Labute approximate surface area is 160 Å². The summed E-state index contributed by atoms with van der Waals surface area (Å²) in [5.74, 6) is 0.144. The van der Waals surface area contributed by atoms with Gasteiger partial charge < -0.3 is 24.6 Å². The van der Waals surface area contributed by atoms with Gasteiger partial charge in [-0.1, -0.05) is 0 Å². The van der Waals surface area contributed by atoms with E-state index in [1.807, 2.05) is 24.6 Å². The zero-order valence-electron chi connectivity index (χ0n) is 16.2. The number of amides is 1. The number of aromatic hydroxyl groups is 1. The lowest BCUT2D eigenvalue weighted by molar-refractivity contribution is 0.0613. The molecule has 1 amide bonds. The fraction of sp³-hybridized carbons (Fsp3) is 0.571. The third-order valence-corrected chi connectivity index (χ3v) is 6.11. The van der Waals surface area contributed by atoms with Gasteiger partial charge in [-0.15, -0.1) is 0 Å². The Balaban J connectivity index is 1.41. The quantitative estimate of drug-likeness (QED) is 0.867. The number of likely N-dealkylation sites (tertiary alicyclic amines) is 1. The van der Waals surface area contributed by atoms with E-state index < -0.39 is 0 Å². The van der Waals surface area contributed by atoms with Crippen molar-refractivity contribution in [1.82, 2.24) is 14.8 Å². The summed E-state index contributed by atoms with van der Waals surface area (Å²) in [5, 5.41) is 13.9. The molecule has 2 saturated heterocycles. The maximum atomic E-state index is 13.0. The highest BCUT2D eigenvalue weighted by Gasteiger charge is 2.26. The molecule has 0 saturated carbocycles. The molecule has 2 aliphatic rings. The first kappa shape index (κ1) is 18.3. The molecule has 0 aliphatic carbocycles. The molecule has 6 heteroatoms. The second-order valence-electron chi connectivity index (χ2n) is 7.90. The van der Waals surface area contributed by atoms with E-state index in [-0.39, 0.29) is 17.7 Å². The summed E-state index contributed by atoms with van der Waals surface area (Å²) < 4.78 is 7.74. The second kappa shape index (κ2) is 7.52. The summed E-state index contributed by atoms with van der Waals surface area (Å²) >= 11 is 0. The fourth-order valence-corrected chi connectivity index (χ4v) is 4.44. The molecular weight excluding hydrogens is 342 g/mol. The predicted octanol–water partition coefficient (Wildman–Crippen LogP) is 2.57. The summed E-state index contributed by atoms with van der Waals surface area (Å²) in [7, 11) is 1.95. The number of ether oxygens (including phenoxy) is 1. The topological polar surface area (TPSA) is 66.7 Å². The number of carbonyl (C=O) groups excluding carboxylic acids is 1. The SMILES string of the molecule is Cc1c(C(=O)NC2CCN(C[C@@H]3CCCO3)CC2)c2cc(O)ccc2n1C. The highest BCUT2D eigenvalue weighted by atomic mass is 16.5. The lowest BCUT2D eigenvalue weighted by Crippen LogP contribution is -2.46.